The highest BCUT2D eigenvalue weighted by molar-refractivity contribution is 6.33. The van der Waals surface area contributed by atoms with E-state index in [-0.39, 0.29) is 0 Å². The number of benzene rings is 1. The molecule has 0 unspecified atom stereocenters. The summed E-state index contributed by atoms with van der Waals surface area (Å²) in [5.41, 5.74) is 2.38. The van der Waals surface area contributed by atoms with Crippen molar-refractivity contribution in [1.82, 2.24) is 4.98 Å². The fourth-order valence-corrected chi connectivity index (χ4v) is 1.37. The van der Waals surface area contributed by atoms with Crippen LogP contribution in [0, 0.1) is 6.92 Å². The van der Waals surface area contributed by atoms with Gasteiger partial charge in [-0.15, -0.1) is 0 Å². The molecule has 0 aliphatic carbocycles. The van der Waals surface area contributed by atoms with Gasteiger partial charge in [0.15, 0.2) is 0 Å². The van der Waals surface area contributed by atoms with Crippen molar-refractivity contribution in [2.24, 2.45) is 0 Å². The predicted octanol–water partition coefficient (Wildman–Crippen LogP) is 0.802. The predicted molar refractivity (Wildman–Crippen MR) is 54.7 cm³/mol. The lowest BCUT2D eigenvalue weighted by molar-refractivity contribution is 1.22. The van der Waals surface area contributed by atoms with Gasteiger partial charge in [0.1, 0.15) is 7.85 Å². The molecule has 0 N–H and O–H groups in total. The molecule has 0 bridgehead atoms. The molecule has 0 spiro atoms. The number of nitrogens with zero attached hydrogens (tertiary/aromatic N) is 1. The maximum Gasteiger partial charge on any atom is 0.139 e. The van der Waals surface area contributed by atoms with Gasteiger partial charge >= 0.3 is 0 Å². The van der Waals surface area contributed by atoms with Gasteiger partial charge in [-0.05, 0) is 23.8 Å². The van der Waals surface area contributed by atoms with Crippen LogP contribution in [0.1, 0.15) is 5.69 Å². The third-order valence-electron chi connectivity index (χ3n) is 2.01. The lowest BCUT2D eigenvalue weighted by Crippen LogP contribution is -1.99. The Labute approximate surface area is 72.8 Å². The van der Waals surface area contributed by atoms with Crippen molar-refractivity contribution in [3.8, 4) is 0 Å². The Morgan fingerprint density at radius 2 is 2.00 bits per heavy atom. The number of rotatable bonds is 0. The van der Waals surface area contributed by atoms with Gasteiger partial charge in [-0.3, -0.25) is 4.98 Å². The minimum atomic E-state index is 1.08. The summed E-state index contributed by atoms with van der Waals surface area (Å²) >= 11 is 0. The molecule has 1 aromatic carbocycles. The molecule has 1 aromatic heterocycles. The van der Waals surface area contributed by atoms with Crippen molar-refractivity contribution >= 4 is 24.1 Å². The Morgan fingerprint density at radius 1 is 1.17 bits per heavy atom. The molecule has 58 valence electrons. The quantitative estimate of drug-likeness (QED) is 0.513. The van der Waals surface area contributed by atoms with Gasteiger partial charge in [-0.1, -0.05) is 23.7 Å². The van der Waals surface area contributed by atoms with Crippen molar-refractivity contribution in [3.63, 3.8) is 0 Å². The Balaban J connectivity index is 2.80. The highest BCUT2D eigenvalue weighted by Gasteiger charge is 1.93. The first-order valence-corrected chi connectivity index (χ1v) is 4.09. The summed E-state index contributed by atoms with van der Waals surface area (Å²) in [6.07, 6.45) is 1.92. The molecule has 0 aliphatic rings. The third kappa shape index (κ3) is 1.20. The maximum atomic E-state index is 4.24. The molecule has 0 amide bonds. The molecule has 1 heterocycles. The van der Waals surface area contributed by atoms with Gasteiger partial charge < -0.3 is 0 Å². The third-order valence-corrected chi connectivity index (χ3v) is 2.01. The normalized spacial score (nSPS) is 10.4. The summed E-state index contributed by atoms with van der Waals surface area (Å²) in [6, 6.07) is 8.52. The molecule has 0 aliphatic heterocycles. The molecular formula is C10H10BN. The van der Waals surface area contributed by atoms with Crippen molar-refractivity contribution in [3.05, 3.63) is 36.2 Å². The second-order valence-electron chi connectivity index (χ2n) is 3.18. The number of hydrogen-bond acceptors (Lipinski definition) is 1. The Kier molecular flexibility index (Phi) is 1.61. The van der Waals surface area contributed by atoms with Crippen LogP contribution in [0.2, 0.25) is 0 Å². The molecule has 0 fully saturated rings. The van der Waals surface area contributed by atoms with E-state index in [0.717, 1.165) is 5.69 Å². The van der Waals surface area contributed by atoms with Crippen molar-refractivity contribution < 1.29 is 0 Å². The number of fused-ring (bicyclic) bond motifs is 1. The van der Waals surface area contributed by atoms with Gasteiger partial charge in [0.05, 0.1) is 0 Å². The summed E-state index contributed by atoms with van der Waals surface area (Å²) < 4.78 is 0. The van der Waals surface area contributed by atoms with Crippen molar-refractivity contribution in [2.75, 3.05) is 0 Å². The van der Waals surface area contributed by atoms with Crippen LogP contribution in [0.5, 0.6) is 0 Å². The zero-order chi connectivity index (χ0) is 8.55. The summed E-state index contributed by atoms with van der Waals surface area (Å²) in [5, 5.41) is 2.49. The molecule has 0 saturated heterocycles. The largest absolute Gasteiger partial charge is 0.261 e. The molecule has 2 heteroatoms. The fourth-order valence-electron chi connectivity index (χ4n) is 1.37. The van der Waals surface area contributed by atoms with E-state index in [0.29, 0.717) is 0 Å². The first-order chi connectivity index (χ1) is 5.75. The monoisotopic (exact) mass is 155 g/mol. The number of aromatic nitrogens is 1. The van der Waals surface area contributed by atoms with E-state index in [2.05, 4.69) is 37.1 Å². The Morgan fingerprint density at radius 3 is 2.83 bits per heavy atom. The van der Waals surface area contributed by atoms with Crippen LogP contribution in [0.25, 0.3) is 10.8 Å². The smallest absolute Gasteiger partial charge is 0.139 e. The van der Waals surface area contributed by atoms with E-state index in [1.165, 1.54) is 16.2 Å². The van der Waals surface area contributed by atoms with E-state index < -0.39 is 0 Å². The van der Waals surface area contributed by atoms with Crippen LogP contribution in [0.3, 0.4) is 0 Å². The summed E-state index contributed by atoms with van der Waals surface area (Å²) in [7, 11) is 2.11. The zero-order valence-electron chi connectivity index (χ0n) is 7.33. The van der Waals surface area contributed by atoms with Crippen LogP contribution < -0.4 is 5.46 Å². The lowest BCUT2D eigenvalue weighted by Gasteiger charge is -1.99. The first-order valence-electron chi connectivity index (χ1n) is 4.09. The van der Waals surface area contributed by atoms with Gasteiger partial charge in [0, 0.05) is 11.9 Å². The Hall–Kier alpha value is -1.31. The fraction of sp³-hybridized carbons (Fsp3) is 0.100. The van der Waals surface area contributed by atoms with E-state index >= 15 is 0 Å². The maximum absolute atomic E-state index is 4.24. The molecule has 2 aromatic rings. The zero-order valence-corrected chi connectivity index (χ0v) is 7.33. The van der Waals surface area contributed by atoms with Crippen LogP contribution >= 0.6 is 0 Å². The van der Waals surface area contributed by atoms with Gasteiger partial charge in [-0.2, -0.15) is 0 Å². The minimum Gasteiger partial charge on any atom is -0.261 e. The molecule has 1 nitrogen and oxygen atoms in total. The Bertz CT molecular complexity index is 386. The minimum absolute atomic E-state index is 1.08. The molecule has 0 saturated carbocycles. The summed E-state index contributed by atoms with van der Waals surface area (Å²) in [5.74, 6) is 0. The summed E-state index contributed by atoms with van der Waals surface area (Å²) in [4.78, 5) is 4.24. The second-order valence-corrected chi connectivity index (χ2v) is 3.18. The van der Waals surface area contributed by atoms with Gasteiger partial charge in [-0.25, -0.2) is 0 Å². The number of hydrogen-bond donors (Lipinski definition) is 0. The van der Waals surface area contributed by atoms with Crippen LogP contribution in [-0.2, 0) is 0 Å². The van der Waals surface area contributed by atoms with Crippen molar-refractivity contribution in [1.29, 1.82) is 0 Å². The number of aryl methyl sites for hydroxylation is 1. The number of pyridine rings is 1. The highest BCUT2D eigenvalue weighted by Crippen LogP contribution is 2.11. The van der Waals surface area contributed by atoms with Gasteiger partial charge in [0.25, 0.3) is 0 Å². The van der Waals surface area contributed by atoms with Crippen LogP contribution in [-0.4, -0.2) is 12.8 Å². The molecule has 2 rings (SSSR count). The average Bonchev–Trinajstić information content (AvgIpc) is 2.03. The molecule has 0 radical (unpaired) electrons. The standard InChI is InChI=1S/C10H10BN/c1-7-4-9-5-10(11)3-2-8(9)6-12-7/h2-6H,11H2,1H3. The summed E-state index contributed by atoms with van der Waals surface area (Å²) in [6.45, 7) is 2.02. The van der Waals surface area contributed by atoms with Crippen LogP contribution in [0.15, 0.2) is 30.5 Å². The van der Waals surface area contributed by atoms with E-state index in [9.17, 15) is 0 Å². The topological polar surface area (TPSA) is 12.9 Å². The van der Waals surface area contributed by atoms with E-state index in [4.69, 9.17) is 0 Å². The van der Waals surface area contributed by atoms with E-state index in [1.807, 2.05) is 13.1 Å². The van der Waals surface area contributed by atoms with Crippen LogP contribution in [0.4, 0.5) is 0 Å². The van der Waals surface area contributed by atoms with Gasteiger partial charge in [0.2, 0.25) is 0 Å². The SMILES string of the molecule is Bc1ccc2cnc(C)cc2c1. The highest BCUT2D eigenvalue weighted by atomic mass is 14.6. The average molecular weight is 155 g/mol. The molecular weight excluding hydrogens is 145 g/mol. The lowest BCUT2D eigenvalue weighted by atomic mass is 9.94. The second kappa shape index (κ2) is 2.63. The van der Waals surface area contributed by atoms with E-state index in [1.54, 1.807) is 0 Å². The molecule has 0 atom stereocenters. The molecule has 12 heavy (non-hydrogen) atoms. The first kappa shape index (κ1) is 7.35. The van der Waals surface area contributed by atoms with Crippen molar-refractivity contribution in [2.45, 2.75) is 6.92 Å².